The van der Waals surface area contributed by atoms with Crippen molar-refractivity contribution < 1.29 is 9.59 Å². The Morgan fingerprint density at radius 3 is 2.24 bits per heavy atom. The fraction of sp³-hybridized carbons (Fsp3) is 0.833. The summed E-state index contributed by atoms with van der Waals surface area (Å²) >= 11 is 4.27. The molecule has 1 fully saturated rings. The van der Waals surface area contributed by atoms with Crippen LogP contribution in [-0.4, -0.2) is 53.5 Å². The van der Waals surface area contributed by atoms with Crippen molar-refractivity contribution in [3.05, 3.63) is 0 Å². The molecule has 0 N–H and O–H groups in total. The van der Waals surface area contributed by atoms with Gasteiger partial charge in [-0.05, 0) is 17.6 Å². The highest BCUT2D eigenvalue weighted by atomic mass is 32.1. The highest BCUT2D eigenvalue weighted by molar-refractivity contribution is 7.80. The Hall–Kier alpha value is -0.710. The molecule has 4 nitrogen and oxygen atoms in total. The maximum Gasteiger partial charge on any atom is 0.312 e. The lowest BCUT2D eigenvalue weighted by Crippen LogP contribution is -2.56. The van der Waals surface area contributed by atoms with Crippen molar-refractivity contribution in [3.8, 4) is 0 Å². The third kappa shape index (κ3) is 3.63. The molecule has 5 heteroatoms. The maximum atomic E-state index is 11.9. The number of hydrogen-bond donors (Lipinski definition) is 1. The predicted molar refractivity (Wildman–Crippen MR) is 71.1 cm³/mol. The summed E-state index contributed by atoms with van der Waals surface area (Å²) in [5, 5.41) is 0. The number of carbonyl (C=O) groups excluding carboxylic acids is 2. The minimum atomic E-state index is -0.362. The smallest absolute Gasteiger partial charge is 0.312 e. The van der Waals surface area contributed by atoms with Gasteiger partial charge >= 0.3 is 11.8 Å². The predicted octanol–water partition coefficient (Wildman–Crippen LogP) is 1.02. The second-order valence-electron chi connectivity index (χ2n) is 5.34. The lowest BCUT2D eigenvalue weighted by atomic mass is 9.95. The van der Waals surface area contributed by atoms with Gasteiger partial charge in [0.25, 0.3) is 0 Å². The monoisotopic (exact) mass is 258 g/mol. The second kappa shape index (κ2) is 5.76. The van der Waals surface area contributed by atoms with E-state index in [0.717, 1.165) is 6.42 Å². The first-order valence-electron chi connectivity index (χ1n) is 6.10. The van der Waals surface area contributed by atoms with Gasteiger partial charge in [-0.15, -0.1) is 0 Å². The first kappa shape index (κ1) is 14.4. The molecule has 1 heterocycles. The highest BCUT2D eigenvalue weighted by Crippen LogP contribution is 2.20. The summed E-state index contributed by atoms with van der Waals surface area (Å²) in [5.74, 6) is -0.0171. The SMILES string of the molecule is CCCN1CCN(CC(C)(C)CS)C(=O)C1=O. The molecule has 0 spiro atoms. The molecule has 0 bridgehead atoms. The van der Waals surface area contributed by atoms with Crippen LogP contribution >= 0.6 is 12.6 Å². The Morgan fingerprint density at radius 2 is 1.71 bits per heavy atom. The van der Waals surface area contributed by atoms with Crippen LogP contribution in [0, 0.1) is 5.41 Å². The summed E-state index contributed by atoms with van der Waals surface area (Å²) in [6.45, 7) is 8.68. The molecule has 1 rings (SSSR count). The van der Waals surface area contributed by atoms with Crippen LogP contribution in [0.15, 0.2) is 0 Å². The van der Waals surface area contributed by atoms with Crippen LogP contribution in [0.1, 0.15) is 27.2 Å². The number of carbonyl (C=O) groups is 2. The molecule has 1 saturated heterocycles. The number of piperazine rings is 1. The Bertz CT molecular complexity index is 305. The first-order chi connectivity index (χ1) is 7.91. The summed E-state index contributed by atoms with van der Waals surface area (Å²) in [4.78, 5) is 27.0. The molecule has 17 heavy (non-hydrogen) atoms. The van der Waals surface area contributed by atoms with Gasteiger partial charge in [-0.3, -0.25) is 9.59 Å². The molecule has 98 valence electrons. The van der Waals surface area contributed by atoms with Crippen molar-refractivity contribution in [3.63, 3.8) is 0 Å². The quantitative estimate of drug-likeness (QED) is 0.591. The van der Waals surface area contributed by atoms with Gasteiger partial charge < -0.3 is 9.80 Å². The van der Waals surface area contributed by atoms with E-state index >= 15 is 0 Å². The van der Waals surface area contributed by atoms with Crippen molar-refractivity contribution in [2.75, 3.05) is 31.9 Å². The lowest BCUT2D eigenvalue weighted by molar-refractivity contribution is -0.156. The minimum absolute atomic E-state index is 0.0496. The summed E-state index contributed by atoms with van der Waals surface area (Å²) < 4.78 is 0. The minimum Gasteiger partial charge on any atom is -0.333 e. The summed E-state index contributed by atoms with van der Waals surface area (Å²) in [7, 11) is 0. The van der Waals surface area contributed by atoms with E-state index in [2.05, 4.69) is 26.5 Å². The van der Waals surface area contributed by atoms with Gasteiger partial charge in [0.05, 0.1) is 0 Å². The van der Waals surface area contributed by atoms with E-state index in [1.807, 2.05) is 6.92 Å². The first-order valence-corrected chi connectivity index (χ1v) is 6.73. The Kier molecular flexibility index (Phi) is 4.86. The average Bonchev–Trinajstić information content (AvgIpc) is 2.29. The number of rotatable bonds is 5. The van der Waals surface area contributed by atoms with Crippen molar-refractivity contribution in [1.29, 1.82) is 0 Å². The molecular weight excluding hydrogens is 236 g/mol. The molecule has 0 unspecified atom stereocenters. The fourth-order valence-corrected chi connectivity index (χ4v) is 2.02. The Morgan fingerprint density at radius 1 is 1.18 bits per heavy atom. The fourth-order valence-electron chi connectivity index (χ4n) is 1.92. The van der Waals surface area contributed by atoms with Gasteiger partial charge in [0.1, 0.15) is 0 Å². The summed E-state index contributed by atoms with van der Waals surface area (Å²) in [6, 6.07) is 0. The van der Waals surface area contributed by atoms with Crippen molar-refractivity contribution in [1.82, 2.24) is 9.80 Å². The summed E-state index contributed by atoms with van der Waals surface area (Å²) in [5.41, 5.74) is -0.0496. The number of nitrogens with zero attached hydrogens (tertiary/aromatic N) is 2. The van der Waals surface area contributed by atoms with E-state index in [4.69, 9.17) is 0 Å². The molecule has 0 saturated carbocycles. The van der Waals surface area contributed by atoms with Crippen LogP contribution in [0.2, 0.25) is 0 Å². The second-order valence-corrected chi connectivity index (χ2v) is 5.66. The molecule has 0 radical (unpaired) electrons. The lowest BCUT2D eigenvalue weighted by Gasteiger charge is -2.37. The number of thiol groups is 1. The van der Waals surface area contributed by atoms with Crippen molar-refractivity contribution >= 4 is 24.4 Å². The average molecular weight is 258 g/mol. The molecule has 0 aromatic heterocycles. The Balaban J connectivity index is 2.63. The van der Waals surface area contributed by atoms with E-state index in [1.54, 1.807) is 9.80 Å². The van der Waals surface area contributed by atoms with Crippen LogP contribution in [0.5, 0.6) is 0 Å². The zero-order valence-corrected chi connectivity index (χ0v) is 11.8. The van der Waals surface area contributed by atoms with Gasteiger partial charge in [-0.25, -0.2) is 0 Å². The largest absolute Gasteiger partial charge is 0.333 e. The molecule has 2 amide bonds. The van der Waals surface area contributed by atoms with E-state index in [0.29, 0.717) is 31.9 Å². The Labute approximate surface area is 109 Å². The van der Waals surface area contributed by atoms with Crippen LogP contribution in [0.3, 0.4) is 0 Å². The number of hydrogen-bond acceptors (Lipinski definition) is 3. The molecule has 0 aliphatic carbocycles. The molecule has 0 atom stereocenters. The molecule has 0 aromatic rings. The standard InChI is InChI=1S/C12H22N2O2S/c1-4-5-13-6-7-14(11(16)10(13)15)8-12(2,3)9-17/h17H,4-9H2,1-3H3. The third-order valence-corrected chi connectivity index (χ3v) is 3.79. The van der Waals surface area contributed by atoms with Gasteiger partial charge in [0.15, 0.2) is 0 Å². The molecular formula is C12H22N2O2S. The van der Waals surface area contributed by atoms with E-state index in [1.165, 1.54) is 0 Å². The van der Waals surface area contributed by atoms with Gasteiger partial charge in [-0.2, -0.15) is 12.6 Å². The van der Waals surface area contributed by atoms with Gasteiger partial charge in [0.2, 0.25) is 0 Å². The molecule has 1 aliphatic heterocycles. The number of amides is 2. The van der Waals surface area contributed by atoms with Crippen LogP contribution in [0.25, 0.3) is 0 Å². The van der Waals surface area contributed by atoms with Crippen LogP contribution in [0.4, 0.5) is 0 Å². The van der Waals surface area contributed by atoms with Gasteiger partial charge in [-0.1, -0.05) is 20.8 Å². The third-order valence-electron chi connectivity index (χ3n) is 2.94. The zero-order chi connectivity index (χ0) is 13.1. The van der Waals surface area contributed by atoms with Crippen LogP contribution < -0.4 is 0 Å². The normalized spacial score (nSPS) is 17.9. The molecule has 1 aliphatic rings. The zero-order valence-electron chi connectivity index (χ0n) is 10.9. The van der Waals surface area contributed by atoms with Crippen LogP contribution in [-0.2, 0) is 9.59 Å². The van der Waals surface area contributed by atoms with Gasteiger partial charge in [0, 0.05) is 26.2 Å². The topological polar surface area (TPSA) is 40.6 Å². The maximum absolute atomic E-state index is 11.9. The van der Waals surface area contributed by atoms with E-state index in [9.17, 15) is 9.59 Å². The van der Waals surface area contributed by atoms with E-state index in [-0.39, 0.29) is 17.2 Å². The summed E-state index contributed by atoms with van der Waals surface area (Å²) in [6.07, 6.45) is 0.890. The van der Waals surface area contributed by atoms with E-state index < -0.39 is 0 Å². The highest BCUT2D eigenvalue weighted by Gasteiger charge is 2.34. The van der Waals surface area contributed by atoms with Crippen molar-refractivity contribution in [2.45, 2.75) is 27.2 Å². The van der Waals surface area contributed by atoms with Crippen molar-refractivity contribution in [2.24, 2.45) is 5.41 Å². The molecule has 0 aromatic carbocycles.